The fraction of sp³-hybridized carbons (Fsp3) is 0. The van der Waals surface area contributed by atoms with E-state index < -0.39 is 0 Å². The van der Waals surface area contributed by atoms with Gasteiger partial charge in [-0.1, -0.05) is 22.0 Å². The molecule has 0 bridgehead atoms. The minimum Gasteiger partial charge on any atom is -0.361 e. The minimum absolute atomic E-state index is 0.168. The SMILES string of the molecule is O=C(Nc1cc(Br)cc2[nH]ccc12)c1ccc(-c2cnc3[nH]ccc3c2)c2cc[nH]c12. The van der Waals surface area contributed by atoms with E-state index >= 15 is 0 Å². The van der Waals surface area contributed by atoms with Gasteiger partial charge in [0.15, 0.2) is 0 Å². The number of hydrogen-bond acceptors (Lipinski definition) is 2. The predicted octanol–water partition coefficient (Wildman–Crippen LogP) is 6.21. The average molecular weight is 470 g/mol. The summed E-state index contributed by atoms with van der Waals surface area (Å²) in [6.45, 7) is 0. The Hall–Kier alpha value is -3.84. The summed E-state index contributed by atoms with van der Waals surface area (Å²) in [5, 5.41) is 6.05. The third-order valence-corrected chi connectivity index (χ3v) is 6.02. The van der Waals surface area contributed by atoms with Gasteiger partial charge in [-0.2, -0.15) is 0 Å². The summed E-state index contributed by atoms with van der Waals surface area (Å²) in [5.74, 6) is -0.168. The Labute approximate surface area is 184 Å². The van der Waals surface area contributed by atoms with Gasteiger partial charge in [0, 0.05) is 56.5 Å². The topological polar surface area (TPSA) is 89.4 Å². The minimum atomic E-state index is -0.168. The van der Waals surface area contributed by atoms with Gasteiger partial charge in [-0.15, -0.1) is 0 Å². The molecule has 0 aliphatic carbocycles. The summed E-state index contributed by atoms with van der Waals surface area (Å²) < 4.78 is 0.894. The van der Waals surface area contributed by atoms with E-state index in [-0.39, 0.29) is 5.91 Å². The monoisotopic (exact) mass is 469 g/mol. The number of hydrogen-bond donors (Lipinski definition) is 4. The van der Waals surface area contributed by atoms with Crippen LogP contribution in [0.2, 0.25) is 0 Å². The molecule has 150 valence electrons. The number of nitrogens with one attached hydrogen (secondary N) is 4. The number of aromatic amines is 3. The van der Waals surface area contributed by atoms with Gasteiger partial charge in [-0.3, -0.25) is 4.79 Å². The fourth-order valence-electron chi connectivity index (χ4n) is 4.11. The van der Waals surface area contributed by atoms with Gasteiger partial charge < -0.3 is 20.3 Å². The van der Waals surface area contributed by atoms with Crippen molar-refractivity contribution in [1.29, 1.82) is 0 Å². The molecule has 1 amide bonds. The number of benzene rings is 2. The molecule has 0 saturated heterocycles. The Kier molecular flexibility index (Phi) is 3.97. The first-order valence-electron chi connectivity index (χ1n) is 9.79. The number of rotatable bonds is 3. The number of aromatic nitrogens is 4. The molecular formula is C24H16BrN5O. The number of carbonyl (C=O) groups is 1. The highest BCUT2D eigenvalue weighted by Gasteiger charge is 2.16. The van der Waals surface area contributed by atoms with Crippen molar-refractivity contribution < 1.29 is 4.79 Å². The molecule has 6 rings (SSSR count). The lowest BCUT2D eigenvalue weighted by Gasteiger charge is -2.11. The number of amides is 1. The lowest BCUT2D eigenvalue weighted by Crippen LogP contribution is -2.12. The molecule has 4 N–H and O–H groups in total. The Morgan fingerprint density at radius 1 is 0.903 bits per heavy atom. The predicted molar refractivity (Wildman–Crippen MR) is 127 cm³/mol. The van der Waals surface area contributed by atoms with Crippen molar-refractivity contribution in [3.05, 3.63) is 83.4 Å². The van der Waals surface area contributed by atoms with Crippen LogP contribution in [0.25, 0.3) is 44.0 Å². The van der Waals surface area contributed by atoms with Crippen LogP contribution in [0.3, 0.4) is 0 Å². The highest BCUT2D eigenvalue weighted by molar-refractivity contribution is 9.10. The van der Waals surface area contributed by atoms with Gasteiger partial charge in [-0.25, -0.2) is 4.98 Å². The van der Waals surface area contributed by atoms with Crippen LogP contribution in [0.15, 0.2) is 77.8 Å². The van der Waals surface area contributed by atoms with Crippen LogP contribution in [0, 0.1) is 0 Å². The van der Waals surface area contributed by atoms with Gasteiger partial charge in [0.25, 0.3) is 5.91 Å². The van der Waals surface area contributed by atoms with Gasteiger partial charge >= 0.3 is 0 Å². The lowest BCUT2D eigenvalue weighted by atomic mass is 9.99. The summed E-state index contributed by atoms with van der Waals surface area (Å²) in [6, 6.07) is 15.8. The van der Waals surface area contributed by atoms with Crippen molar-refractivity contribution in [2.24, 2.45) is 0 Å². The van der Waals surface area contributed by atoms with E-state index in [2.05, 4.69) is 47.2 Å². The summed E-state index contributed by atoms with van der Waals surface area (Å²) in [4.78, 5) is 27.3. The number of anilines is 1. The molecule has 2 aromatic carbocycles. The van der Waals surface area contributed by atoms with Crippen LogP contribution in [0.5, 0.6) is 0 Å². The summed E-state index contributed by atoms with van der Waals surface area (Å²) in [6.07, 6.45) is 7.45. The van der Waals surface area contributed by atoms with Crippen LogP contribution in [-0.2, 0) is 0 Å². The van der Waals surface area contributed by atoms with E-state index in [1.54, 1.807) is 0 Å². The van der Waals surface area contributed by atoms with E-state index in [1.807, 2.05) is 67.3 Å². The number of nitrogens with zero attached hydrogens (tertiary/aromatic N) is 1. The number of fused-ring (bicyclic) bond motifs is 3. The zero-order chi connectivity index (χ0) is 20.9. The van der Waals surface area contributed by atoms with Crippen LogP contribution >= 0.6 is 15.9 Å². The smallest absolute Gasteiger partial charge is 0.257 e. The Bertz CT molecular complexity index is 1610. The van der Waals surface area contributed by atoms with E-state index in [4.69, 9.17) is 0 Å². The number of pyridine rings is 1. The molecule has 31 heavy (non-hydrogen) atoms. The van der Waals surface area contributed by atoms with Crippen LogP contribution < -0.4 is 5.32 Å². The molecule has 0 radical (unpaired) electrons. The highest BCUT2D eigenvalue weighted by atomic mass is 79.9. The zero-order valence-corrected chi connectivity index (χ0v) is 17.7. The lowest BCUT2D eigenvalue weighted by molar-refractivity contribution is 0.102. The third-order valence-electron chi connectivity index (χ3n) is 5.56. The first-order chi connectivity index (χ1) is 15.2. The molecule has 4 aromatic heterocycles. The zero-order valence-electron chi connectivity index (χ0n) is 16.2. The summed E-state index contributed by atoms with van der Waals surface area (Å²) >= 11 is 3.51. The Balaban J connectivity index is 1.42. The maximum absolute atomic E-state index is 13.2. The summed E-state index contributed by atoms with van der Waals surface area (Å²) in [5.41, 5.74) is 5.98. The second-order valence-electron chi connectivity index (χ2n) is 7.41. The quantitative estimate of drug-likeness (QED) is 0.248. The van der Waals surface area contributed by atoms with Crippen molar-refractivity contribution in [2.45, 2.75) is 0 Å². The van der Waals surface area contributed by atoms with E-state index in [1.165, 1.54) is 0 Å². The third kappa shape index (κ3) is 2.93. The number of H-pyrrole nitrogens is 3. The molecule has 0 fully saturated rings. The molecule has 6 nitrogen and oxygen atoms in total. The van der Waals surface area contributed by atoms with Crippen LogP contribution in [-0.4, -0.2) is 25.8 Å². The van der Waals surface area contributed by atoms with E-state index in [0.717, 1.165) is 54.1 Å². The second-order valence-corrected chi connectivity index (χ2v) is 8.33. The highest BCUT2D eigenvalue weighted by Crippen LogP contribution is 2.33. The number of carbonyl (C=O) groups excluding carboxylic acids is 1. The maximum atomic E-state index is 13.2. The Morgan fingerprint density at radius 3 is 2.68 bits per heavy atom. The van der Waals surface area contributed by atoms with Crippen molar-refractivity contribution in [3.63, 3.8) is 0 Å². The van der Waals surface area contributed by atoms with Crippen molar-refractivity contribution >= 4 is 60.4 Å². The number of halogens is 1. The summed E-state index contributed by atoms with van der Waals surface area (Å²) in [7, 11) is 0. The molecule has 0 aliphatic rings. The van der Waals surface area contributed by atoms with Crippen molar-refractivity contribution in [3.8, 4) is 11.1 Å². The standard InChI is InChI=1S/C24H16BrN5O/c25-15-10-20-18(5-7-26-20)21(11-15)30-24(31)19-2-1-16(17-4-8-27-22(17)19)14-9-13-3-6-28-23(13)29-12-14/h1-12,26-27H,(H,28,29)(H,30,31). The van der Waals surface area contributed by atoms with E-state index in [9.17, 15) is 4.79 Å². The molecule has 0 aliphatic heterocycles. The Morgan fingerprint density at radius 2 is 1.74 bits per heavy atom. The average Bonchev–Trinajstić information content (AvgIpc) is 3.51. The van der Waals surface area contributed by atoms with Gasteiger partial charge in [0.2, 0.25) is 0 Å². The molecule has 0 saturated carbocycles. The largest absolute Gasteiger partial charge is 0.361 e. The first-order valence-corrected chi connectivity index (χ1v) is 10.6. The van der Waals surface area contributed by atoms with Crippen LogP contribution in [0.1, 0.15) is 10.4 Å². The van der Waals surface area contributed by atoms with E-state index in [0.29, 0.717) is 5.56 Å². The van der Waals surface area contributed by atoms with Gasteiger partial charge in [0.1, 0.15) is 5.65 Å². The molecule has 0 unspecified atom stereocenters. The molecule has 0 spiro atoms. The molecule has 7 heteroatoms. The molecule has 0 atom stereocenters. The second kappa shape index (κ2) is 6.85. The fourth-order valence-corrected chi connectivity index (χ4v) is 4.57. The van der Waals surface area contributed by atoms with Crippen molar-refractivity contribution in [2.75, 3.05) is 5.32 Å². The normalized spacial score (nSPS) is 11.5. The van der Waals surface area contributed by atoms with Gasteiger partial charge in [-0.05, 0) is 48.0 Å². The first kappa shape index (κ1) is 18.0. The maximum Gasteiger partial charge on any atom is 0.257 e. The molecule has 4 heterocycles. The van der Waals surface area contributed by atoms with Crippen molar-refractivity contribution in [1.82, 2.24) is 19.9 Å². The molecule has 6 aromatic rings. The van der Waals surface area contributed by atoms with Crippen LogP contribution in [0.4, 0.5) is 5.69 Å². The molecular weight excluding hydrogens is 454 g/mol. The van der Waals surface area contributed by atoms with Gasteiger partial charge in [0.05, 0.1) is 16.8 Å².